The Kier molecular flexibility index (Phi) is 4.51. The third-order valence-corrected chi connectivity index (χ3v) is 4.46. The standard InChI is InChI=1S/C14H18N4O3S/c19-13-2-1-11-12(3-6-15-14(11)17-13)18-7-4-10(5-8-18)9-16-22(20)21/h1-3,6,10,16H,4-5,7-9H2,(H,20,21)(H,15,17,19)/p-1. The Morgan fingerprint density at radius 3 is 2.86 bits per heavy atom. The van der Waals surface area contributed by atoms with E-state index >= 15 is 0 Å². The Morgan fingerprint density at radius 1 is 1.36 bits per heavy atom. The number of rotatable bonds is 4. The minimum Gasteiger partial charge on any atom is -0.760 e. The summed E-state index contributed by atoms with van der Waals surface area (Å²) in [6, 6.07) is 5.25. The Labute approximate surface area is 130 Å². The van der Waals surface area contributed by atoms with Crippen LogP contribution in [-0.2, 0) is 11.3 Å². The zero-order chi connectivity index (χ0) is 15.5. The summed E-state index contributed by atoms with van der Waals surface area (Å²) in [4.78, 5) is 20.6. The van der Waals surface area contributed by atoms with E-state index in [1.807, 2.05) is 6.07 Å². The van der Waals surface area contributed by atoms with E-state index in [9.17, 15) is 13.6 Å². The van der Waals surface area contributed by atoms with Gasteiger partial charge in [0.05, 0.1) is 0 Å². The molecule has 1 unspecified atom stereocenters. The van der Waals surface area contributed by atoms with Crippen molar-refractivity contribution in [2.24, 2.45) is 5.92 Å². The molecule has 0 saturated carbocycles. The summed E-state index contributed by atoms with van der Waals surface area (Å²) in [5, 5.41) is 0.930. The fraction of sp³-hybridized carbons (Fsp3) is 0.429. The molecule has 0 amide bonds. The molecule has 0 spiro atoms. The summed E-state index contributed by atoms with van der Waals surface area (Å²) >= 11 is -2.19. The molecule has 0 aromatic carbocycles. The molecular weight excluding hydrogens is 304 g/mol. The third kappa shape index (κ3) is 3.34. The first-order chi connectivity index (χ1) is 10.6. The van der Waals surface area contributed by atoms with Crippen molar-refractivity contribution in [3.8, 4) is 0 Å². The number of fused-ring (bicyclic) bond motifs is 1. The summed E-state index contributed by atoms with van der Waals surface area (Å²) in [6.45, 7) is 2.21. The molecule has 1 fully saturated rings. The SMILES string of the molecule is O=c1ccc2c(N3CCC(CNS(=O)[O-])CC3)ccnc2[nH]1. The summed E-state index contributed by atoms with van der Waals surface area (Å²) in [6.07, 6.45) is 3.55. The molecule has 8 heteroatoms. The van der Waals surface area contributed by atoms with Gasteiger partial charge in [0.15, 0.2) is 0 Å². The molecule has 1 aliphatic rings. The number of H-pyrrole nitrogens is 1. The van der Waals surface area contributed by atoms with Gasteiger partial charge in [-0.05, 0) is 30.9 Å². The molecule has 3 rings (SSSR count). The van der Waals surface area contributed by atoms with Gasteiger partial charge in [0.2, 0.25) is 5.56 Å². The molecule has 0 radical (unpaired) electrons. The quantitative estimate of drug-likeness (QED) is 0.800. The summed E-state index contributed by atoms with van der Waals surface area (Å²) in [5.41, 5.74) is 1.49. The molecule has 1 atom stereocenters. The van der Waals surface area contributed by atoms with Crippen LogP contribution in [0.3, 0.4) is 0 Å². The summed E-state index contributed by atoms with van der Waals surface area (Å²) < 4.78 is 23.5. The summed E-state index contributed by atoms with van der Waals surface area (Å²) in [5.74, 6) is 0.363. The van der Waals surface area contributed by atoms with Crippen LogP contribution in [0.25, 0.3) is 11.0 Å². The van der Waals surface area contributed by atoms with E-state index in [0.717, 1.165) is 37.0 Å². The molecular formula is C14H17N4O3S-. The van der Waals surface area contributed by atoms with Crippen molar-refractivity contribution in [1.82, 2.24) is 14.7 Å². The third-order valence-electron chi connectivity index (χ3n) is 4.06. The molecule has 2 aromatic rings. The molecule has 1 aliphatic heterocycles. The second kappa shape index (κ2) is 6.55. The summed E-state index contributed by atoms with van der Waals surface area (Å²) in [7, 11) is 0. The molecule has 2 N–H and O–H groups in total. The lowest BCUT2D eigenvalue weighted by molar-refractivity contribution is 0.399. The van der Waals surface area contributed by atoms with Crippen LogP contribution in [0, 0.1) is 5.92 Å². The van der Waals surface area contributed by atoms with Crippen LogP contribution in [0.4, 0.5) is 5.69 Å². The Bertz CT molecular complexity index is 740. The average Bonchev–Trinajstić information content (AvgIpc) is 2.52. The van der Waals surface area contributed by atoms with Gasteiger partial charge < -0.3 is 14.4 Å². The molecule has 0 bridgehead atoms. The van der Waals surface area contributed by atoms with Gasteiger partial charge in [-0.15, -0.1) is 0 Å². The molecule has 2 aromatic heterocycles. The van der Waals surface area contributed by atoms with E-state index in [1.165, 1.54) is 6.07 Å². The van der Waals surface area contributed by atoms with Crippen LogP contribution >= 0.6 is 0 Å². The van der Waals surface area contributed by atoms with E-state index in [0.29, 0.717) is 18.1 Å². The van der Waals surface area contributed by atoms with Gasteiger partial charge in [-0.3, -0.25) is 9.00 Å². The van der Waals surface area contributed by atoms with E-state index in [-0.39, 0.29) is 5.56 Å². The fourth-order valence-electron chi connectivity index (χ4n) is 2.88. The van der Waals surface area contributed by atoms with Crippen LogP contribution in [0.5, 0.6) is 0 Å². The zero-order valence-electron chi connectivity index (χ0n) is 11.9. The number of piperidine rings is 1. The lowest BCUT2D eigenvalue weighted by Crippen LogP contribution is -2.37. The van der Waals surface area contributed by atoms with Gasteiger partial charge >= 0.3 is 0 Å². The van der Waals surface area contributed by atoms with E-state index < -0.39 is 11.3 Å². The molecule has 1 saturated heterocycles. The maximum atomic E-state index is 11.4. The van der Waals surface area contributed by atoms with E-state index in [1.54, 1.807) is 12.3 Å². The number of nitrogens with one attached hydrogen (secondary N) is 2. The first-order valence-electron chi connectivity index (χ1n) is 7.19. The predicted octanol–water partition coefficient (Wildman–Crippen LogP) is 0.523. The largest absolute Gasteiger partial charge is 0.760 e. The Balaban J connectivity index is 1.74. The first-order valence-corrected chi connectivity index (χ1v) is 8.27. The molecule has 0 aliphatic carbocycles. The normalized spacial score (nSPS) is 17.8. The van der Waals surface area contributed by atoms with Crippen LogP contribution < -0.4 is 15.2 Å². The second-order valence-corrected chi connectivity index (χ2v) is 6.19. The first kappa shape index (κ1) is 15.1. The van der Waals surface area contributed by atoms with Crippen LogP contribution in [0.15, 0.2) is 29.2 Å². The number of aromatic nitrogens is 2. The van der Waals surface area contributed by atoms with Gasteiger partial charge in [-0.1, -0.05) is 0 Å². The fourth-order valence-corrected chi connectivity index (χ4v) is 3.26. The van der Waals surface area contributed by atoms with E-state index in [4.69, 9.17) is 0 Å². The molecule has 3 heterocycles. The van der Waals surface area contributed by atoms with Gasteiger partial charge in [0.25, 0.3) is 0 Å². The van der Waals surface area contributed by atoms with Crippen molar-refractivity contribution >= 4 is 28.0 Å². The molecule has 22 heavy (non-hydrogen) atoms. The number of anilines is 1. The smallest absolute Gasteiger partial charge is 0.249 e. The topological polar surface area (TPSA) is 101 Å². The Hall–Kier alpha value is -1.77. The zero-order valence-corrected chi connectivity index (χ0v) is 12.8. The van der Waals surface area contributed by atoms with Crippen molar-refractivity contribution < 1.29 is 8.76 Å². The van der Waals surface area contributed by atoms with Crippen molar-refractivity contribution in [2.45, 2.75) is 12.8 Å². The van der Waals surface area contributed by atoms with Crippen LogP contribution in [-0.4, -0.2) is 38.4 Å². The maximum absolute atomic E-state index is 11.4. The van der Waals surface area contributed by atoms with Crippen molar-refractivity contribution in [2.75, 3.05) is 24.5 Å². The average molecular weight is 321 g/mol. The van der Waals surface area contributed by atoms with Gasteiger partial charge in [0.1, 0.15) is 5.65 Å². The van der Waals surface area contributed by atoms with Crippen molar-refractivity contribution in [3.05, 3.63) is 34.7 Å². The van der Waals surface area contributed by atoms with Crippen LogP contribution in [0.1, 0.15) is 12.8 Å². The number of nitrogens with zero attached hydrogens (tertiary/aromatic N) is 2. The lowest BCUT2D eigenvalue weighted by Gasteiger charge is -2.34. The van der Waals surface area contributed by atoms with Crippen molar-refractivity contribution in [3.63, 3.8) is 0 Å². The highest BCUT2D eigenvalue weighted by atomic mass is 32.2. The minimum atomic E-state index is -2.19. The van der Waals surface area contributed by atoms with Gasteiger partial charge in [0, 0.05) is 54.2 Å². The molecule has 118 valence electrons. The highest BCUT2D eigenvalue weighted by Gasteiger charge is 2.20. The monoisotopic (exact) mass is 321 g/mol. The van der Waals surface area contributed by atoms with Crippen LogP contribution in [0.2, 0.25) is 0 Å². The second-order valence-electron chi connectivity index (χ2n) is 5.43. The Morgan fingerprint density at radius 2 is 2.14 bits per heavy atom. The van der Waals surface area contributed by atoms with Gasteiger partial charge in [-0.2, -0.15) is 0 Å². The molecule has 7 nitrogen and oxygen atoms in total. The maximum Gasteiger partial charge on any atom is 0.249 e. The highest BCUT2D eigenvalue weighted by Crippen LogP contribution is 2.27. The number of hydrogen-bond donors (Lipinski definition) is 2. The van der Waals surface area contributed by atoms with Gasteiger partial charge in [-0.25, -0.2) is 9.71 Å². The van der Waals surface area contributed by atoms with E-state index in [2.05, 4.69) is 19.6 Å². The highest BCUT2D eigenvalue weighted by molar-refractivity contribution is 7.77. The number of aromatic amines is 1. The lowest BCUT2D eigenvalue weighted by atomic mass is 9.96. The number of hydrogen-bond acceptors (Lipinski definition) is 5. The minimum absolute atomic E-state index is 0.160. The van der Waals surface area contributed by atoms with Crippen molar-refractivity contribution in [1.29, 1.82) is 0 Å². The number of pyridine rings is 2. The predicted molar refractivity (Wildman–Crippen MR) is 84.2 cm³/mol.